The second kappa shape index (κ2) is 6.06. The maximum absolute atomic E-state index is 11.5. The number of nitrogen functional groups attached to an aromatic ring is 1. The number of nitrogens with one attached hydrogen (secondary N) is 1. The van der Waals surface area contributed by atoms with E-state index >= 15 is 0 Å². The Balaban J connectivity index is 2.41. The van der Waals surface area contributed by atoms with Crippen molar-refractivity contribution < 1.29 is 4.79 Å². The average molecular weight is 206 g/mol. The number of para-hydroxylation sites is 1. The molecule has 3 nitrogen and oxygen atoms in total. The van der Waals surface area contributed by atoms with Gasteiger partial charge in [0.2, 0.25) is 5.91 Å². The topological polar surface area (TPSA) is 55.1 Å². The van der Waals surface area contributed by atoms with Gasteiger partial charge in [-0.15, -0.1) is 0 Å². The first-order valence-corrected chi connectivity index (χ1v) is 5.34. The Morgan fingerprint density at radius 1 is 1.40 bits per heavy atom. The fourth-order valence-electron chi connectivity index (χ4n) is 1.34. The first kappa shape index (κ1) is 11.6. The zero-order valence-electron chi connectivity index (χ0n) is 9.12. The van der Waals surface area contributed by atoms with Crippen LogP contribution < -0.4 is 11.1 Å². The standard InChI is InChI=1S/C12H18N2O/c1-2-3-8-14-12(15)9-10-6-4-5-7-11(10)13/h4-7H,2-3,8-9,13H2,1H3,(H,14,15). The zero-order chi connectivity index (χ0) is 11.1. The summed E-state index contributed by atoms with van der Waals surface area (Å²) in [5, 5.41) is 2.86. The molecule has 0 bridgehead atoms. The Morgan fingerprint density at radius 2 is 2.13 bits per heavy atom. The molecule has 0 aliphatic rings. The van der Waals surface area contributed by atoms with E-state index < -0.39 is 0 Å². The van der Waals surface area contributed by atoms with Crippen LogP contribution in [0.15, 0.2) is 24.3 Å². The highest BCUT2D eigenvalue weighted by atomic mass is 16.1. The lowest BCUT2D eigenvalue weighted by atomic mass is 10.1. The van der Waals surface area contributed by atoms with Crippen LogP contribution >= 0.6 is 0 Å². The minimum atomic E-state index is 0.0429. The van der Waals surface area contributed by atoms with E-state index in [1.54, 1.807) is 0 Å². The van der Waals surface area contributed by atoms with Crippen molar-refractivity contribution in [2.75, 3.05) is 12.3 Å². The summed E-state index contributed by atoms with van der Waals surface area (Å²) in [6.07, 6.45) is 2.49. The molecule has 0 aliphatic heterocycles. The molecule has 0 unspecified atom stereocenters. The molecule has 0 aromatic heterocycles. The Morgan fingerprint density at radius 3 is 2.80 bits per heavy atom. The van der Waals surface area contributed by atoms with E-state index in [2.05, 4.69) is 12.2 Å². The van der Waals surface area contributed by atoms with E-state index in [0.29, 0.717) is 12.1 Å². The number of rotatable bonds is 5. The fraction of sp³-hybridized carbons (Fsp3) is 0.417. The molecule has 1 aromatic carbocycles. The van der Waals surface area contributed by atoms with Gasteiger partial charge in [-0.3, -0.25) is 4.79 Å². The third kappa shape index (κ3) is 4.02. The van der Waals surface area contributed by atoms with Gasteiger partial charge in [0.15, 0.2) is 0 Å². The van der Waals surface area contributed by atoms with Gasteiger partial charge < -0.3 is 11.1 Å². The summed E-state index contributed by atoms with van der Waals surface area (Å²) in [4.78, 5) is 11.5. The van der Waals surface area contributed by atoms with Gasteiger partial charge in [0.1, 0.15) is 0 Å². The quantitative estimate of drug-likeness (QED) is 0.569. The average Bonchev–Trinajstić information content (AvgIpc) is 2.22. The van der Waals surface area contributed by atoms with Crippen molar-refractivity contribution in [1.29, 1.82) is 0 Å². The predicted octanol–water partition coefficient (Wildman–Crippen LogP) is 1.73. The largest absolute Gasteiger partial charge is 0.398 e. The zero-order valence-corrected chi connectivity index (χ0v) is 9.12. The summed E-state index contributed by atoms with van der Waals surface area (Å²) in [6.45, 7) is 2.85. The van der Waals surface area contributed by atoms with Crippen molar-refractivity contribution in [3.05, 3.63) is 29.8 Å². The minimum absolute atomic E-state index is 0.0429. The predicted molar refractivity (Wildman–Crippen MR) is 62.5 cm³/mol. The fourth-order valence-corrected chi connectivity index (χ4v) is 1.34. The Labute approximate surface area is 90.7 Å². The highest BCUT2D eigenvalue weighted by Crippen LogP contribution is 2.10. The van der Waals surface area contributed by atoms with Crippen LogP contribution in [0.5, 0.6) is 0 Å². The Kier molecular flexibility index (Phi) is 4.68. The molecular weight excluding hydrogens is 188 g/mol. The first-order chi connectivity index (χ1) is 7.24. The molecular formula is C12H18N2O. The van der Waals surface area contributed by atoms with Gasteiger partial charge in [-0.2, -0.15) is 0 Å². The second-order valence-corrected chi connectivity index (χ2v) is 3.58. The molecule has 15 heavy (non-hydrogen) atoms. The van der Waals surface area contributed by atoms with Gasteiger partial charge in [0.25, 0.3) is 0 Å². The van der Waals surface area contributed by atoms with Crippen LogP contribution in [0.25, 0.3) is 0 Å². The van der Waals surface area contributed by atoms with Crippen LogP contribution in [-0.2, 0) is 11.2 Å². The first-order valence-electron chi connectivity index (χ1n) is 5.34. The maximum atomic E-state index is 11.5. The SMILES string of the molecule is CCCCNC(=O)Cc1ccccc1N. The van der Waals surface area contributed by atoms with Gasteiger partial charge in [0.05, 0.1) is 6.42 Å². The van der Waals surface area contributed by atoms with E-state index in [4.69, 9.17) is 5.73 Å². The molecule has 0 saturated carbocycles. The van der Waals surface area contributed by atoms with Crippen LogP contribution in [0.4, 0.5) is 5.69 Å². The number of hydrogen-bond acceptors (Lipinski definition) is 2. The number of nitrogens with two attached hydrogens (primary N) is 1. The number of amides is 1. The molecule has 0 saturated heterocycles. The monoisotopic (exact) mass is 206 g/mol. The molecule has 0 fully saturated rings. The molecule has 0 atom stereocenters. The minimum Gasteiger partial charge on any atom is -0.398 e. The van der Waals surface area contributed by atoms with Crippen molar-refractivity contribution in [2.45, 2.75) is 26.2 Å². The van der Waals surface area contributed by atoms with E-state index in [0.717, 1.165) is 24.9 Å². The highest BCUT2D eigenvalue weighted by molar-refractivity contribution is 5.80. The summed E-state index contributed by atoms with van der Waals surface area (Å²) in [5.74, 6) is 0.0429. The molecule has 1 amide bonds. The molecule has 3 N–H and O–H groups in total. The van der Waals surface area contributed by atoms with Crippen molar-refractivity contribution >= 4 is 11.6 Å². The van der Waals surface area contributed by atoms with E-state index in [-0.39, 0.29) is 5.91 Å². The molecule has 1 rings (SSSR count). The van der Waals surface area contributed by atoms with Crippen LogP contribution in [-0.4, -0.2) is 12.5 Å². The third-order valence-electron chi connectivity index (χ3n) is 2.26. The normalized spacial score (nSPS) is 9.93. The summed E-state index contributed by atoms with van der Waals surface area (Å²) in [6, 6.07) is 7.46. The molecule has 3 heteroatoms. The molecule has 82 valence electrons. The number of carbonyl (C=O) groups excluding carboxylic acids is 1. The van der Waals surface area contributed by atoms with E-state index in [1.807, 2.05) is 24.3 Å². The molecule has 0 radical (unpaired) electrons. The maximum Gasteiger partial charge on any atom is 0.224 e. The van der Waals surface area contributed by atoms with Crippen molar-refractivity contribution in [1.82, 2.24) is 5.32 Å². The molecule has 0 spiro atoms. The second-order valence-electron chi connectivity index (χ2n) is 3.58. The number of unbranched alkanes of at least 4 members (excludes halogenated alkanes) is 1. The van der Waals surface area contributed by atoms with Gasteiger partial charge in [0, 0.05) is 12.2 Å². The van der Waals surface area contributed by atoms with Gasteiger partial charge in [-0.1, -0.05) is 31.5 Å². The van der Waals surface area contributed by atoms with E-state index in [9.17, 15) is 4.79 Å². The lowest BCUT2D eigenvalue weighted by Crippen LogP contribution is -2.26. The van der Waals surface area contributed by atoms with Crippen molar-refractivity contribution in [3.8, 4) is 0 Å². The smallest absolute Gasteiger partial charge is 0.224 e. The van der Waals surface area contributed by atoms with Crippen LogP contribution in [0.3, 0.4) is 0 Å². The van der Waals surface area contributed by atoms with Crippen LogP contribution in [0.1, 0.15) is 25.3 Å². The number of anilines is 1. The number of benzene rings is 1. The third-order valence-corrected chi connectivity index (χ3v) is 2.26. The van der Waals surface area contributed by atoms with Crippen LogP contribution in [0.2, 0.25) is 0 Å². The molecule has 0 aliphatic carbocycles. The van der Waals surface area contributed by atoms with Crippen LogP contribution in [0, 0.1) is 0 Å². The lowest BCUT2D eigenvalue weighted by molar-refractivity contribution is -0.120. The summed E-state index contributed by atoms with van der Waals surface area (Å²) in [5.41, 5.74) is 7.32. The van der Waals surface area contributed by atoms with E-state index in [1.165, 1.54) is 0 Å². The Hall–Kier alpha value is -1.51. The highest BCUT2D eigenvalue weighted by Gasteiger charge is 2.04. The van der Waals surface area contributed by atoms with Gasteiger partial charge in [-0.05, 0) is 18.1 Å². The number of carbonyl (C=O) groups is 1. The van der Waals surface area contributed by atoms with Gasteiger partial charge >= 0.3 is 0 Å². The van der Waals surface area contributed by atoms with Crippen molar-refractivity contribution in [2.24, 2.45) is 0 Å². The number of hydrogen-bond donors (Lipinski definition) is 2. The molecule has 0 heterocycles. The Bertz CT molecular complexity index is 323. The van der Waals surface area contributed by atoms with Gasteiger partial charge in [-0.25, -0.2) is 0 Å². The summed E-state index contributed by atoms with van der Waals surface area (Å²) >= 11 is 0. The van der Waals surface area contributed by atoms with Crippen molar-refractivity contribution in [3.63, 3.8) is 0 Å². The molecule has 1 aromatic rings. The lowest BCUT2D eigenvalue weighted by Gasteiger charge is -2.06. The summed E-state index contributed by atoms with van der Waals surface area (Å²) < 4.78 is 0. The summed E-state index contributed by atoms with van der Waals surface area (Å²) in [7, 11) is 0.